The Hall–Kier alpha value is -3.35. The molecule has 0 unspecified atom stereocenters. The predicted octanol–water partition coefficient (Wildman–Crippen LogP) is 2.13. The van der Waals surface area contributed by atoms with Crippen LogP contribution in [-0.2, 0) is 9.53 Å². The molecule has 3 rings (SSSR count). The van der Waals surface area contributed by atoms with Crippen molar-refractivity contribution >= 4 is 28.7 Å². The average molecular weight is 322 g/mol. The molecule has 0 saturated carbocycles. The first kappa shape index (κ1) is 15.5. The summed E-state index contributed by atoms with van der Waals surface area (Å²) in [4.78, 5) is 36.2. The molecule has 24 heavy (non-hydrogen) atoms. The van der Waals surface area contributed by atoms with Crippen LogP contribution in [0.3, 0.4) is 0 Å². The average Bonchev–Trinajstić information content (AvgIpc) is 2.61. The van der Waals surface area contributed by atoms with E-state index in [-0.39, 0.29) is 5.69 Å². The lowest BCUT2D eigenvalue weighted by molar-refractivity contribution is -0.119. The second-order valence-electron chi connectivity index (χ2n) is 5.04. The summed E-state index contributed by atoms with van der Waals surface area (Å²) in [6.07, 6.45) is 2.89. The number of hydrogen-bond donors (Lipinski definition) is 1. The number of esters is 1. The Bertz CT molecular complexity index is 911. The summed E-state index contributed by atoms with van der Waals surface area (Å²) in [7, 11) is 0. The highest BCUT2D eigenvalue weighted by molar-refractivity contribution is 5.95. The summed E-state index contributed by atoms with van der Waals surface area (Å²) >= 11 is 0. The Kier molecular flexibility index (Phi) is 4.42. The van der Waals surface area contributed by atoms with E-state index in [0.717, 1.165) is 5.56 Å². The number of carbonyl (C=O) groups excluding carboxylic acids is 2. The zero-order valence-corrected chi connectivity index (χ0v) is 12.9. The van der Waals surface area contributed by atoms with Gasteiger partial charge in [-0.05, 0) is 30.7 Å². The molecule has 1 aromatic carbocycles. The number of hydrogen-bond acceptors (Lipinski definition) is 6. The van der Waals surface area contributed by atoms with Crippen LogP contribution in [0.4, 0.5) is 5.82 Å². The molecule has 120 valence electrons. The fraction of sp³-hybridized carbons (Fsp3) is 0.118. The van der Waals surface area contributed by atoms with Crippen molar-refractivity contribution < 1.29 is 14.3 Å². The number of nitrogens with zero attached hydrogens (tertiary/aromatic N) is 3. The zero-order valence-electron chi connectivity index (χ0n) is 12.9. The van der Waals surface area contributed by atoms with Crippen LogP contribution in [0.15, 0.2) is 48.8 Å². The van der Waals surface area contributed by atoms with Crippen LogP contribution in [-0.4, -0.2) is 33.4 Å². The Morgan fingerprint density at radius 3 is 2.67 bits per heavy atom. The number of rotatable bonds is 4. The lowest BCUT2D eigenvalue weighted by atomic mass is 10.3. The second-order valence-corrected chi connectivity index (χ2v) is 5.04. The third-order valence-corrected chi connectivity index (χ3v) is 3.26. The van der Waals surface area contributed by atoms with E-state index in [0.29, 0.717) is 16.9 Å². The molecule has 0 fully saturated rings. The van der Waals surface area contributed by atoms with Gasteiger partial charge in [0.25, 0.3) is 5.91 Å². The van der Waals surface area contributed by atoms with E-state index in [2.05, 4.69) is 20.3 Å². The monoisotopic (exact) mass is 322 g/mol. The molecule has 1 N–H and O–H groups in total. The van der Waals surface area contributed by atoms with Gasteiger partial charge in [-0.25, -0.2) is 14.8 Å². The molecule has 0 aliphatic rings. The van der Waals surface area contributed by atoms with Crippen molar-refractivity contribution in [2.75, 3.05) is 11.9 Å². The van der Waals surface area contributed by atoms with Gasteiger partial charge in [-0.2, -0.15) is 0 Å². The maximum Gasteiger partial charge on any atom is 0.359 e. The summed E-state index contributed by atoms with van der Waals surface area (Å²) in [6.45, 7) is 1.39. The van der Waals surface area contributed by atoms with E-state index in [1.807, 2.05) is 19.1 Å². The van der Waals surface area contributed by atoms with Gasteiger partial charge in [0.15, 0.2) is 12.3 Å². The van der Waals surface area contributed by atoms with Gasteiger partial charge < -0.3 is 10.1 Å². The Morgan fingerprint density at radius 2 is 1.88 bits per heavy atom. The lowest BCUT2D eigenvalue weighted by Gasteiger charge is -2.07. The molecule has 0 spiro atoms. The van der Waals surface area contributed by atoms with Crippen molar-refractivity contribution in [2.45, 2.75) is 6.92 Å². The van der Waals surface area contributed by atoms with Crippen LogP contribution in [0.5, 0.6) is 0 Å². The van der Waals surface area contributed by atoms with Crippen molar-refractivity contribution in [2.24, 2.45) is 0 Å². The van der Waals surface area contributed by atoms with Gasteiger partial charge in [0.05, 0.1) is 17.2 Å². The Balaban J connectivity index is 1.62. The fourth-order valence-electron chi connectivity index (χ4n) is 2.05. The van der Waals surface area contributed by atoms with Gasteiger partial charge in [-0.3, -0.25) is 9.78 Å². The molecule has 0 atom stereocenters. The van der Waals surface area contributed by atoms with Crippen LogP contribution in [0, 0.1) is 6.92 Å². The van der Waals surface area contributed by atoms with Gasteiger partial charge in [-0.1, -0.05) is 18.2 Å². The molecular formula is C17H14N4O3. The summed E-state index contributed by atoms with van der Waals surface area (Å²) in [5, 5.41) is 2.58. The first-order chi connectivity index (χ1) is 11.6. The number of carbonyl (C=O) groups is 2. The number of ether oxygens (including phenoxy) is 1. The zero-order chi connectivity index (χ0) is 16.9. The molecule has 3 aromatic rings. The van der Waals surface area contributed by atoms with Gasteiger partial charge in [0.1, 0.15) is 5.82 Å². The summed E-state index contributed by atoms with van der Waals surface area (Å²) in [5.41, 5.74) is 2.13. The third kappa shape index (κ3) is 3.52. The predicted molar refractivity (Wildman–Crippen MR) is 87.4 cm³/mol. The van der Waals surface area contributed by atoms with E-state index >= 15 is 0 Å². The topological polar surface area (TPSA) is 94.1 Å². The number of pyridine rings is 1. The second kappa shape index (κ2) is 6.82. The quantitative estimate of drug-likeness (QED) is 0.740. The highest BCUT2D eigenvalue weighted by Gasteiger charge is 2.13. The molecule has 2 heterocycles. The number of para-hydroxylation sites is 2. The number of fused-ring (bicyclic) bond motifs is 1. The van der Waals surface area contributed by atoms with Crippen LogP contribution < -0.4 is 5.32 Å². The molecule has 7 nitrogen and oxygen atoms in total. The third-order valence-electron chi connectivity index (χ3n) is 3.26. The Morgan fingerprint density at radius 1 is 1.08 bits per heavy atom. The minimum absolute atomic E-state index is 0.0514. The minimum atomic E-state index is -0.707. The normalized spacial score (nSPS) is 10.4. The molecule has 0 saturated heterocycles. The Labute approximate surface area is 137 Å². The van der Waals surface area contributed by atoms with E-state index in [1.165, 1.54) is 6.20 Å². The highest BCUT2D eigenvalue weighted by Crippen LogP contribution is 2.10. The first-order valence-electron chi connectivity index (χ1n) is 7.24. The van der Waals surface area contributed by atoms with Crippen LogP contribution in [0.1, 0.15) is 16.1 Å². The summed E-state index contributed by atoms with van der Waals surface area (Å²) in [5.74, 6) is -0.746. The first-order valence-corrected chi connectivity index (χ1v) is 7.24. The maximum absolute atomic E-state index is 12.0. The number of nitrogens with one attached hydrogen (secondary N) is 1. The van der Waals surface area contributed by atoms with Crippen molar-refractivity contribution in [1.82, 2.24) is 15.0 Å². The van der Waals surface area contributed by atoms with Crippen LogP contribution in [0.25, 0.3) is 11.0 Å². The van der Waals surface area contributed by atoms with Crippen molar-refractivity contribution in [3.05, 3.63) is 60.0 Å². The molecular weight excluding hydrogens is 308 g/mol. The highest BCUT2D eigenvalue weighted by atomic mass is 16.5. The molecule has 0 bridgehead atoms. The molecule has 2 aromatic heterocycles. The van der Waals surface area contributed by atoms with Crippen molar-refractivity contribution in [3.8, 4) is 0 Å². The van der Waals surface area contributed by atoms with E-state index in [1.54, 1.807) is 30.5 Å². The van der Waals surface area contributed by atoms with Gasteiger partial charge in [-0.15, -0.1) is 0 Å². The van der Waals surface area contributed by atoms with Crippen LogP contribution >= 0.6 is 0 Å². The number of benzene rings is 1. The number of anilines is 1. The van der Waals surface area contributed by atoms with E-state index in [4.69, 9.17) is 4.74 Å². The van der Waals surface area contributed by atoms with E-state index < -0.39 is 18.5 Å². The smallest absolute Gasteiger partial charge is 0.359 e. The largest absolute Gasteiger partial charge is 0.451 e. The fourth-order valence-corrected chi connectivity index (χ4v) is 2.05. The molecule has 0 radical (unpaired) electrons. The van der Waals surface area contributed by atoms with Gasteiger partial charge in [0.2, 0.25) is 0 Å². The minimum Gasteiger partial charge on any atom is -0.451 e. The van der Waals surface area contributed by atoms with Gasteiger partial charge >= 0.3 is 5.97 Å². The molecule has 0 aliphatic heterocycles. The van der Waals surface area contributed by atoms with Crippen LogP contribution in [0.2, 0.25) is 0 Å². The summed E-state index contributed by atoms with van der Waals surface area (Å²) in [6, 6.07) is 10.8. The number of amides is 1. The maximum atomic E-state index is 12.0. The SMILES string of the molecule is Cc1cccnc1NC(=O)COC(=O)c1cnc2ccccc2n1. The van der Waals surface area contributed by atoms with E-state index in [9.17, 15) is 9.59 Å². The number of aromatic nitrogens is 3. The summed E-state index contributed by atoms with van der Waals surface area (Å²) < 4.78 is 4.97. The lowest BCUT2D eigenvalue weighted by Crippen LogP contribution is -2.22. The number of aryl methyl sites for hydroxylation is 1. The van der Waals surface area contributed by atoms with Gasteiger partial charge in [0, 0.05) is 6.20 Å². The van der Waals surface area contributed by atoms with Crippen molar-refractivity contribution in [1.29, 1.82) is 0 Å². The standard InChI is InChI=1S/C17H14N4O3/c1-11-5-4-8-18-16(11)21-15(22)10-24-17(23)14-9-19-12-6-2-3-7-13(12)20-14/h2-9H,10H2,1H3,(H,18,21,22). The molecule has 0 aliphatic carbocycles. The molecule has 1 amide bonds. The molecule has 7 heteroatoms. The van der Waals surface area contributed by atoms with Crippen molar-refractivity contribution in [3.63, 3.8) is 0 Å².